The number of hydrogen-bond donors (Lipinski definition) is 0. The molecule has 150 valence electrons. The molecule has 1 amide bonds. The molecule has 7 nitrogen and oxygen atoms in total. The van der Waals surface area contributed by atoms with Gasteiger partial charge in [0.25, 0.3) is 11.8 Å². The molecule has 0 N–H and O–H groups in total. The van der Waals surface area contributed by atoms with Gasteiger partial charge in [-0.2, -0.15) is 0 Å². The van der Waals surface area contributed by atoms with Crippen molar-refractivity contribution in [2.75, 3.05) is 50.9 Å². The summed E-state index contributed by atoms with van der Waals surface area (Å²) in [6.45, 7) is 8.75. The fourth-order valence-electron chi connectivity index (χ4n) is 4.14. The summed E-state index contributed by atoms with van der Waals surface area (Å²) >= 11 is 0. The molecule has 2 aliphatic rings. The summed E-state index contributed by atoms with van der Waals surface area (Å²) in [6.07, 6.45) is 1.17. The topological polar surface area (TPSA) is 67.8 Å². The highest BCUT2D eigenvalue weighted by Crippen LogP contribution is 2.28. The summed E-state index contributed by atoms with van der Waals surface area (Å²) in [6, 6.07) is 7.73. The molecule has 28 heavy (non-hydrogen) atoms. The molecule has 1 aromatic carbocycles. The van der Waals surface area contributed by atoms with Crippen molar-refractivity contribution in [2.45, 2.75) is 20.3 Å². The van der Waals surface area contributed by atoms with Gasteiger partial charge in [0.2, 0.25) is 0 Å². The summed E-state index contributed by atoms with van der Waals surface area (Å²) in [5.74, 6) is 2.18. The SMILES string of the molecule is CC1CC(C)CN(C(=O)COc2nc3ccccc3nc2N2CCOCC2)C1. The molecule has 0 radical (unpaired) electrons. The number of carbonyl (C=O) groups excluding carboxylic acids is 1. The van der Waals surface area contributed by atoms with E-state index in [-0.39, 0.29) is 12.5 Å². The molecule has 0 saturated carbocycles. The van der Waals surface area contributed by atoms with Crippen molar-refractivity contribution in [3.63, 3.8) is 0 Å². The quantitative estimate of drug-likeness (QED) is 0.806. The van der Waals surface area contributed by atoms with Gasteiger partial charge in [0.05, 0.1) is 24.2 Å². The molecule has 1 aromatic heterocycles. The van der Waals surface area contributed by atoms with Gasteiger partial charge < -0.3 is 19.3 Å². The second-order valence-electron chi connectivity index (χ2n) is 7.97. The van der Waals surface area contributed by atoms with E-state index in [0.29, 0.717) is 36.7 Å². The van der Waals surface area contributed by atoms with Crippen molar-refractivity contribution in [3.8, 4) is 5.88 Å². The number of nitrogens with zero attached hydrogens (tertiary/aromatic N) is 4. The Hall–Kier alpha value is -2.41. The van der Waals surface area contributed by atoms with E-state index in [9.17, 15) is 4.79 Å². The largest absolute Gasteiger partial charge is 0.465 e. The smallest absolute Gasteiger partial charge is 0.260 e. The van der Waals surface area contributed by atoms with Crippen molar-refractivity contribution in [3.05, 3.63) is 24.3 Å². The third-order valence-electron chi connectivity index (χ3n) is 5.39. The highest BCUT2D eigenvalue weighted by atomic mass is 16.5. The van der Waals surface area contributed by atoms with Gasteiger partial charge in [0.1, 0.15) is 0 Å². The minimum atomic E-state index is -0.0101. The van der Waals surface area contributed by atoms with Crippen LogP contribution in [0, 0.1) is 11.8 Å². The summed E-state index contributed by atoms with van der Waals surface area (Å²) < 4.78 is 11.4. The normalized spacial score (nSPS) is 23.1. The van der Waals surface area contributed by atoms with Gasteiger partial charge in [-0.1, -0.05) is 26.0 Å². The number of rotatable bonds is 4. The van der Waals surface area contributed by atoms with Gasteiger partial charge in [-0.05, 0) is 30.4 Å². The van der Waals surface area contributed by atoms with E-state index in [4.69, 9.17) is 14.5 Å². The number of likely N-dealkylation sites (tertiary alicyclic amines) is 1. The Morgan fingerprint density at radius 2 is 1.75 bits per heavy atom. The van der Waals surface area contributed by atoms with Gasteiger partial charge in [0.15, 0.2) is 12.4 Å². The average Bonchev–Trinajstić information content (AvgIpc) is 2.71. The molecule has 2 fully saturated rings. The van der Waals surface area contributed by atoms with Gasteiger partial charge in [-0.25, -0.2) is 9.97 Å². The zero-order valence-electron chi connectivity index (χ0n) is 16.6. The zero-order chi connectivity index (χ0) is 19.5. The predicted molar refractivity (Wildman–Crippen MR) is 108 cm³/mol. The average molecular weight is 384 g/mol. The van der Waals surface area contributed by atoms with Crippen LogP contribution in [-0.4, -0.2) is 66.8 Å². The molecule has 0 spiro atoms. The van der Waals surface area contributed by atoms with Gasteiger partial charge in [-0.15, -0.1) is 0 Å². The Balaban J connectivity index is 1.54. The number of morpholine rings is 1. The number of benzene rings is 1. The second kappa shape index (κ2) is 8.31. The number of aromatic nitrogens is 2. The summed E-state index contributed by atoms with van der Waals surface area (Å²) in [4.78, 5) is 26.2. The molecule has 3 heterocycles. The van der Waals surface area contributed by atoms with E-state index in [1.807, 2.05) is 29.2 Å². The zero-order valence-corrected chi connectivity index (χ0v) is 16.6. The first-order valence-electron chi connectivity index (χ1n) is 10.1. The Labute approximate surface area is 165 Å². The molecular weight excluding hydrogens is 356 g/mol. The lowest BCUT2D eigenvalue weighted by Gasteiger charge is -2.35. The number of carbonyl (C=O) groups is 1. The van der Waals surface area contributed by atoms with E-state index < -0.39 is 0 Å². The molecular formula is C21H28N4O3. The first kappa shape index (κ1) is 18.9. The minimum Gasteiger partial charge on any atom is -0.465 e. The number of piperidine rings is 1. The number of ether oxygens (including phenoxy) is 2. The molecule has 2 aliphatic heterocycles. The first-order chi connectivity index (χ1) is 13.6. The maximum atomic E-state index is 12.7. The molecule has 2 unspecified atom stereocenters. The van der Waals surface area contributed by atoms with Crippen LogP contribution in [0.5, 0.6) is 5.88 Å². The van der Waals surface area contributed by atoms with Crippen molar-refractivity contribution < 1.29 is 14.3 Å². The molecule has 7 heteroatoms. The van der Waals surface area contributed by atoms with Crippen LogP contribution in [-0.2, 0) is 9.53 Å². The Kier molecular flexibility index (Phi) is 5.62. The molecule has 2 saturated heterocycles. The third kappa shape index (κ3) is 4.19. The van der Waals surface area contributed by atoms with Crippen LogP contribution < -0.4 is 9.64 Å². The van der Waals surface area contributed by atoms with Gasteiger partial charge in [-0.3, -0.25) is 4.79 Å². The lowest BCUT2D eigenvalue weighted by atomic mass is 9.92. The van der Waals surface area contributed by atoms with Crippen LogP contribution in [0.25, 0.3) is 11.0 Å². The number of fused-ring (bicyclic) bond motifs is 1. The standard InChI is InChI=1S/C21H28N4O3/c1-15-11-16(2)13-25(12-15)19(26)14-28-21-20(24-7-9-27-10-8-24)22-17-5-3-4-6-18(17)23-21/h3-6,15-16H,7-14H2,1-2H3. The van der Waals surface area contributed by atoms with E-state index >= 15 is 0 Å². The van der Waals surface area contributed by atoms with Crippen molar-refractivity contribution in [1.29, 1.82) is 0 Å². The number of para-hydroxylation sites is 2. The van der Waals surface area contributed by atoms with Crippen LogP contribution in [0.1, 0.15) is 20.3 Å². The summed E-state index contributed by atoms with van der Waals surface area (Å²) in [7, 11) is 0. The summed E-state index contributed by atoms with van der Waals surface area (Å²) in [5.41, 5.74) is 1.59. The Bertz CT molecular complexity index is 828. The first-order valence-corrected chi connectivity index (χ1v) is 10.1. The fourth-order valence-corrected chi connectivity index (χ4v) is 4.14. The second-order valence-corrected chi connectivity index (χ2v) is 7.97. The molecule has 0 aliphatic carbocycles. The lowest BCUT2D eigenvalue weighted by Crippen LogP contribution is -2.44. The van der Waals surface area contributed by atoms with Crippen LogP contribution in [0.3, 0.4) is 0 Å². The fraction of sp³-hybridized carbons (Fsp3) is 0.571. The summed E-state index contributed by atoms with van der Waals surface area (Å²) in [5, 5.41) is 0. The van der Waals surface area contributed by atoms with Crippen LogP contribution in [0.15, 0.2) is 24.3 Å². The number of hydrogen-bond acceptors (Lipinski definition) is 6. The number of amides is 1. The maximum Gasteiger partial charge on any atom is 0.260 e. The Morgan fingerprint density at radius 1 is 1.11 bits per heavy atom. The lowest BCUT2D eigenvalue weighted by molar-refractivity contribution is -0.136. The van der Waals surface area contributed by atoms with Gasteiger partial charge in [0, 0.05) is 26.2 Å². The van der Waals surface area contributed by atoms with Crippen molar-refractivity contribution in [1.82, 2.24) is 14.9 Å². The number of anilines is 1. The van der Waals surface area contributed by atoms with Crippen molar-refractivity contribution >= 4 is 22.8 Å². The third-order valence-corrected chi connectivity index (χ3v) is 5.39. The minimum absolute atomic E-state index is 0.0101. The molecule has 2 aromatic rings. The highest BCUT2D eigenvalue weighted by molar-refractivity contribution is 5.79. The van der Waals surface area contributed by atoms with E-state index in [1.165, 1.54) is 6.42 Å². The van der Waals surface area contributed by atoms with Crippen LogP contribution >= 0.6 is 0 Å². The molecule has 0 bridgehead atoms. The molecule has 4 rings (SSSR count). The highest BCUT2D eigenvalue weighted by Gasteiger charge is 2.26. The maximum absolute atomic E-state index is 12.7. The van der Waals surface area contributed by atoms with E-state index in [1.54, 1.807) is 0 Å². The predicted octanol–water partition coefficient (Wildman–Crippen LogP) is 2.35. The van der Waals surface area contributed by atoms with Gasteiger partial charge >= 0.3 is 0 Å². The van der Waals surface area contributed by atoms with E-state index in [2.05, 4.69) is 23.7 Å². The van der Waals surface area contributed by atoms with Crippen LogP contribution in [0.4, 0.5) is 5.82 Å². The van der Waals surface area contributed by atoms with E-state index in [0.717, 1.165) is 37.2 Å². The monoisotopic (exact) mass is 384 g/mol. The Morgan fingerprint density at radius 3 is 2.43 bits per heavy atom. The van der Waals surface area contributed by atoms with Crippen LogP contribution in [0.2, 0.25) is 0 Å². The van der Waals surface area contributed by atoms with Crippen molar-refractivity contribution in [2.24, 2.45) is 11.8 Å². The molecule has 2 atom stereocenters.